The zero-order valence-electron chi connectivity index (χ0n) is 11.7. The molecule has 0 heterocycles. The van der Waals surface area contributed by atoms with Crippen molar-refractivity contribution in [1.29, 1.82) is 0 Å². The van der Waals surface area contributed by atoms with Gasteiger partial charge in [-0.1, -0.05) is 24.3 Å². The molecular weight excluding hydrogens is 254 g/mol. The zero-order chi connectivity index (χ0) is 14.7. The number of benzene rings is 1. The lowest BCUT2D eigenvalue weighted by atomic mass is 9.82. The van der Waals surface area contributed by atoms with E-state index in [-0.39, 0.29) is 5.91 Å². The lowest BCUT2D eigenvalue weighted by molar-refractivity contribution is -0.146. The van der Waals surface area contributed by atoms with Gasteiger partial charge in [-0.15, -0.1) is 0 Å². The number of aliphatic carboxylic acids is 1. The van der Waals surface area contributed by atoms with Gasteiger partial charge in [-0.05, 0) is 37.5 Å². The first-order valence-corrected chi connectivity index (χ1v) is 6.72. The second-order valence-electron chi connectivity index (χ2n) is 5.23. The summed E-state index contributed by atoms with van der Waals surface area (Å²) in [5.41, 5.74) is 1.87. The summed E-state index contributed by atoms with van der Waals surface area (Å²) in [6.07, 6.45) is 4.65. The molecule has 1 N–H and O–H groups in total. The minimum absolute atomic E-state index is 0.132. The molecule has 20 heavy (non-hydrogen) atoms. The molecule has 4 heteroatoms. The number of anilines is 1. The first-order valence-electron chi connectivity index (χ1n) is 6.72. The van der Waals surface area contributed by atoms with Crippen LogP contribution in [0.4, 0.5) is 5.69 Å². The summed E-state index contributed by atoms with van der Waals surface area (Å²) in [4.78, 5) is 25.4. The summed E-state index contributed by atoms with van der Waals surface area (Å²) in [5, 5.41) is 9.25. The normalized spacial score (nSPS) is 21.5. The van der Waals surface area contributed by atoms with Gasteiger partial charge in [-0.3, -0.25) is 9.59 Å². The van der Waals surface area contributed by atoms with E-state index in [0.29, 0.717) is 12.8 Å². The van der Waals surface area contributed by atoms with Crippen molar-refractivity contribution in [2.45, 2.75) is 19.8 Å². The molecule has 0 spiro atoms. The molecular formula is C16H19NO3. The highest BCUT2D eigenvalue weighted by atomic mass is 16.4. The Hall–Kier alpha value is -2.10. The maximum Gasteiger partial charge on any atom is 0.307 e. The van der Waals surface area contributed by atoms with Gasteiger partial charge >= 0.3 is 5.97 Å². The van der Waals surface area contributed by atoms with Crippen LogP contribution in [-0.4, -0.2) is 24.0 Å². The minimum Gasteiger partial charge on any atom is -0.481 e. The molecule has 2 rings (SSSR count). The highest BCUT2D eigenvalue weighted by Gasteiger charge is 2.35. The Morgan fingerprint density at radius 3 is 2.45 bits per heavy atom. The third-order valence-electron chi connectivity index (χ3n) is 3.79. The Labute approximate surface area is 118 Å². The summed E-state index contributed by atoms with van der Waals surface area (Å²) in [6.45, 7) is 1.96. The first kappa shape index (κ1) is 14.3. The predicted octanol–water partition coefficient (Wildman–Crippen LogP) is 2.62. The largest absolute Gasteiger partial charge is 0.481 e. The summed E-state index contributed by atoms with van der Waals surface area (Å²) in [6, 6.07) is 7.64. The number of aryl methyl sites for hydroxylation is 1. The van der Waals surface area contributed by atoms with Crippen molar-refractivity contribution in [3.05, 3.63) is 42.0 Å². The van der Waals surface area contributed by atoms with E-state index in [0.717, 1.165) is 11.3 Å². The van der Waals surface area contributed by atoms with Gasteiger partial charge in [0.15, 0.2) is 0 Å². The van der Waals surface area contributed by atoms with Crippen LogP contribution in [0.25, 0.3) is 0 Å². The van der Waals surface area contributed by atoms with E-state index in [1.807, 2.05) is 43.3 Å². The van der Waals surface area contributed by atoms with Crippen molar-refractivity contribution in [3.8, 4) is 0 Å². The van der Waals surface area contributed by atoms with Gasteiger partial charge in [0.05, 0.1) is 11.8 Å². The maximum atomic E-state index is 12.6. The molecule has 1 aromatic carbocycles. The molecule has 0 saturated heterocycles. The van der Waals surface area contributed by atoms with Crippen LogP contribution in [0.2, 0.25) is 0 Å². The monoisotopic (exact) mass is 273 g/mol. The topological polar surface area (TPSA) is 57.6 Å². The molecule has 106 valence electrons. The van der Waals surface area contributed by atoms with E-state index in [1.165, 1.54) is 0 Å². The van der Waals surface area contributed by atoms with E-state index in [4.69, 9.17) is 0 Å². The zero-order valence-corrected chi connectivity index (χ0v) is 11.7. The standard InChI is InChI=1S/C16H19NO3/c1-11-6-5-7-12(10-11)17(2)15(18)13-8-3-4-9-14(13)16(19)20/h3-7,10,13-14H,8-9H2,1-2H3,(H,19,20). The third kappa shape index (κ3) is 2.90. The molecule has 1 aromatic rings. The van der Waals surface area contributed by atoms with Crippen molar-refractivity contribution in [1.82, 2.24) is 0 Å². The minimum atomic E-state index is -0.898. The van der Waals surface area contributed by atoms with Crippen molar-refractivity contribution >= 4 is 17.6 Å². The first-order chi connectivity index (χ1) is 9.50. The van der Waals surface area contributed by atoms with E-state index in [2.05, 4.69) is 0 Å². The highest BCUT2D eigenvalue weighted by molar-refractivity contribution is 5.97. The Kier molecular flexibility index (Phi) is 4.23. The second kappa shape index (κ2) is 5.90. The highest BCUT2D eigenvalue weighted by Crippen LogP contribution is 2.29. The Morgan fingerprint density at radius 2 is 1.85 bits per heavy atom. The lowest BCUT2D eigenvalue weighted by Crippen LogP contribution is -2.40. The Morgan fingerprint density at radius 1 is 1.20 bits per heavy atom. The Bertz CT molecular complexity index is 550. The number of carboxylic acids is 1. The van der Waals surface area contributed by atoms with E-state index in [9.17, 15) is 14.7 Å². The molecule has 0 aliphatic heterocycles. The second-order valence-corrected chi connectivity index (χ2v) is 5.23. The van der Waals surface area contributed by atoms with E-state index < -0.39 is 17.8 Å². The molecule has 2 atom stereocenters. The molecule has 2 unspecified atom stereocenters. The van der Waals surface area contributed by atoms with Crippen molar-refractivity contribution in [2.24, 2.45) is 11.8 Å². The van der Waals surface area contributed by atoms with Crippen molar-refractivity contribution < 1.29 is 14.7 Å². The van der Waals surface area contributed by atoms with Crippen LogP contribution >= 0.6 is 0 Å². The van der Waals surface area contributed by atoms with Gasteiger partial charge in [0.25, 0.3) is 0 Å². The average molecular weight is 273 g/mol. The van der Waals surface area contributed by atoms with Crippen LogP contribution in [0.3, 0.4) is 0 Å². The quantitative estimate of drug-likeness (QED) is 0.861. The SMILES string of the molecule is Cc1cccc(N(C)C(=O)C2CC=CCC2C(=O)O)c1. The number of amides is 1. The fourth-order valence-electron chi connectivity index (χ4n) is 2.57. The lowest BCUT2D eigenvalue weighted by Gasteiger charge is -2.28. The van der Waals surface area contributed by atoms with Crippen LogP contribution < -0.4 is 4.90 Å². The smallest absolute Gasteiger partial charge is 0.307 e. The summed E-state index contributed by atoms with van der Waals surface area (Å²) in [7, 11) is 1.70. The molecule has 0 saturated carbocycles. The average Bonchev–Trinajstić information content (AvgIpc) is 2.45. The summed E-state index contributed by atoms with van der Waals surface area (Å²) < 4.78 is 0. The number of rotatable bonds is 3. The number of carbonyl (C=O) groups is 2. The predicted molar refractivity (Wildman–Crippen MR) is 77.6 cm³/mol. The fraction of sp³-hybridized carbons (Fsp3) is 0.375. The number of nitrogens with zero attached hydrogens (tertiary/aromatic N) is 1. The number of hydrogen-bond acceptors (Lipinski definition) is 2. The molecule has 4 nitrogen and oxygen atoms in total. The molecule has 0 fully saturated rings. The Balaban J connectivity index is 2.21. The van der Waals surface area contributed by atoms with Gasteiger partial charge in [0, 0.05) is 12.7 Å². The van der Waals surface area contributed by atoms with Gasteiger partial charge < -0.3 is 10.0 Å². The number of hydrogen-bond donors (Lipinski definition) is 1. The molecule has 0 radical (unpaired) electrons. The summed E-state index contributed by atoms with van der Waals surface area (Å²) in [5.74, 6) is -2.14. The van der Waals surface area contributed by atoms with Crippen LogP contribution in [0.5, 0.6) is 0 Å². The molecule has 0 aromatic heterocycles. The fourth-order valence-corrected chi connectivity index (χ4v) is 2.57. The van der Waals surface area contributed by atoms with Crippen molar-refractivity contribution in [2.75, 3.05) is 11.9 Å². The van der Waals surface area contributed by atoms with Gasteiger partial charge in [0.2, 0.25) is 5.91 Å². The summed E-state index contributed by atoms with van der Waals surface area (Å²) >= 11 is 0. The molecule has 1 aliphatic rings. The van der Waals surface area contributed by atoms with E-state index in [1.54, 1.807) is 11.9 Å². The maximum absolute atomic E-state index is 12.6. The molecule has 0 bridgehead atoms. The van der Waals surface area contributed by atoms with Gasteiger partial charge in [-0.25, -0.2) is 0 Å². The van der Waals surface area contributed by atoms with Crippen LogP contribution in [0.1, 0.15) is 18.4 Å². The van der Waals surface area contributed by atoms with Crippen LogP contribution in [0.15, 0.2) is 36.4 Å². The van der Waals surface area contributed by atoms with Crippen molar-refractivity contribution in [3.63, 3.8) is 0 Å². The number of allylic oxidation sites excluding steroid dienone is 2. The number of carbonyl (C=O) groups excluding carboxylic acids is 1. The number of carboxylic acid groups (broad SMARTS) is 1. The van der Waals surface area contributed by atoms with Gasteiger partial charge in [-0.2, -0.15) is 0 Å². The molecule has 1 amide bonds. The van der Waals surface area contributed by atoms with E-state index >= 15 is 0 Å². The van der Waals surface area contributed by atoms with Crippen LogP contribution in [-0.2, 0) is 9.59 Å². The third-order valence-corrected chi connectivity index (χ3v) is 3.79. The van der Waals surface area contributed by atoms with Gasteiger partial charge in [0.1, 0.15) is 0 Å². The molecule has 1 aliphatic carbocycles. The van der Waals surface area contributed by atoms with Crippen LogP contribution in [0, 0.1) is 18.8 Å².